The molecule has 0 saturated carbocycles. The number of ether oxygens (including phenoxy) is 1. The van der Waals surface area contributed by atoms with Crippen molar-refractivity contribution in [2.24, 2.45) is 27.2 Å². The lowest BCUT2D eigenvalue weighted by molar-refractivity contribution is 0.410. The third kappa shape index (κ3) is 3.33. The first kappa shape index (κ1) is 12.8. The van der Waals surface area contributed by atoms with Gasteiger partial charge in [0, 0.05) is 6.07 Å². The Hall–Kier alpha value is -2.31. The molecule has 0 aromatic heterocycles. The van der Waals surface area contributed by atoms with Crippen molar-refractivity contribution in [2.45, 2.75) is 6.92 Å². The number of aliphatic imine (C=N–C) groups is 2. The largest absolute Gasteiger partial charge is 0.496 e. The van der Waals surface area contributed by atoms with Gasteiger partial charge < -0.3 is 21.9 Å². The molecule has 6 N–H and O–H groups in total. The van der Waals surface area contributed by atoms with Gasteiger partial charge in [0.15, 0.2) is 5.96 Å². The lowest BCUT2D eigenvalue weighted by Crippen LogP contribution is -2.26. The van der Waals surface area contributed by atoms with Gasteiger partial charge in [-0.05, 0) is 18.6 Å². The fourth-order valence-corrected chi connectivity index (χ4v) is 1.23. The first-order valence-corrected chi connectivity index (χ1v) is 4.72. The van der Waals surface area contributed by atoms with Crippen LogP contribution in [-0.4, -0.2) is 19.0 Å². The van der Waals surface area contributed by atoms with Crippen molar-refractivity contribution in [3.63, 3.8) is 0 Å². The van der Waals surface area contributed by atoms with Crippen LogP contribution in [0.15, 0.2) is 22.1 Å². The topological polar surface area (TPSA) is 112 Å². The molecule has 1 aromatic carbocycles. The van der Waals surface area contributed by atoms with Crippen molar-refractivity contribution >= 4 is 17.6 Å². The van der Waals surface area contributed by atoms with Gasteiger partial charge in [0.1, 0.15) is 17.3 Å². The van der Waals surface area contributed by atoms with E-state index in [0.29, 0.717) is 11.3 Å². The number of rotatable bonds is 2. The quantitative estimate of drug-likeness (QED) is 0.511. The van der Waals surface area contributed by atoms with E-state index in [0.717, 1.165) is 0 Å². The van der Waals surface area contributed by atoms with Gasteiger partial charge in [-0.15, -0.1) is 0 Å². The highest BCUT2D eigenvalue weighted by Gasteiger charge is 2.07. The van der Waals surface area contributed by atoms with Gasteiger partial charge in [-0.2, -0.15) is 4.99 Å². The molecule has 0 spiro atoms. The van der Waals surface area contributed by atoms with Crippen LogP contribution >= 0.6 is 0 Å². The summed E-state index contributed by atoms with van der Waals surface area (Å²) < 4.78 is 18.6. The van der Waals surface area contributed by atoms with Gasteiger partial charge in [0.25, 0.3) is 0 Å². The molecule has 0 aliphatic carbocycles. The minimum atomic E-state index is -0.531. The Balaban J connectivity index is 3.19. The van der Waals surface area contributed by atoms with Crippen LogP contribution in [0, 0.1) is 12.7 Å². The highest BCUT2D eigenvalue weighted by Crippen LogP contribution is 2.27. The van der Waals surface area contributed by atoms with Gasteiger partial charge in [0.2, 0.25) is 5.96 Å². The second-order valence-electron chi connectivity index (χ2n) is 3.28. The summed E-state index contributed by atoms with van der Waals surface area (Å²) in [5, 5.41) is 0. The Labute approximate surface area is 98.0 Å². The van der Waals surface area contributed by atoms with E-state index in [1.165, 1.54) is 19.2 Å². The Kier molecular flexibility index (Phi) is 3.86. The summed E-state index contributed by atoms with van der Waals surface area (Å²) in [5.41, 5.74) is 16.3. The number of hydrogen-bond acceptors (Lipinski definition) is 2. The maximum absolute atomic E-state index is 13.5. The molecule has 0 saturated heterocycles. The number of nitrogens with two attached hydrogens (primary N) is 3. The lowest BCUT2D eigenvalue weighted by atomic mass is 10.2. The molecule has 0 atom stereocenters. The van der Waals surface area contributed by atoms with Crippen LogP contribution < -0.4 is 21.9 Å². The first-order chi connectivity index (χ1) is 7.93. The van der Waals surface area contributed by atoms with Crippen LogP contribution in [0.25, 0.3) is 0 Å². The predicted molar refractivity (Wildman–Crippen MR) is 64.8 cm³/mol. The van der Waals surface area contributed by atoms with E-state index in [2.05, 4.69) is 9.98 Å². The lowest BCUT2D eigenvalue weighted by Gasteiger charge is -2.06. The molecule has 92 valence electrons. The number of benzene rings is 1. The smallest absolute Gasteiger partial charge is 0.223 e. The summed E-state index contributed by atoms with van der Waals surface area (Å²) in [5.74, 6) is -0.500. The molecule has 0 radical (unpaired) electrons. The second-order valence-corrected chi connectivity index (χ2v) is 3.28. The molecular formula is C10H14FN5O. The Morgan fingerprint density at radius 3 is 2.47 bits per heavy atom. The van der Waals surface area contributed by atoms with E-state index in [4.69, 9.17) is 21.9 Å². The molecule has 6 nitrogen and oxygen atoms in total. The maximum Gasteiger partial charge on any atom is 0.223 e. The van der Waals surface area contributed by atoms with Gasteiger partial charge in [-0.25, -0.2) is 9.38 Å². The number of guanidine groups is 2. The van der Waals surface area contributed by atoms with Crippen LogP contribution in [0.2, 0.25) is 0 Å². The summed E-state index contributed by atoms with van der Waals surface area (Å²) in [6.45, 7) is 1.72. The Morgan fingerprint density at radius 1 is 1.29 bits per heavy atom. The molecule has 0 heterocycles. The SMILES string of the molecule is COc1cc(N=C(N)N=C(N)N)c(F)cc1C. The van der Waals surface area contributed by atoms with Gasteiger partial charge in [-0.3, -0.25) is 0 Å². The number of hydrogen-bond donors (Lipinski definition) is 3. The number of methoxy groups -OCH3 is 1. The van der Waals surface area contributed by atoms with E-state index in [1.54, 1.807) is 6.92 Å². The molecule has 1 rings (SSSR count). The standard InChI is InChI=1S/C10H14FN5O/c1-5-3-6(11)7(4-8(5)17-2)15-10(14)16-9(12)13/h3-4H,1-2H3,(H6,12,13,14,15,16). The Morgan fingerprint density at radius 2 is 1.94 bits per heavy atom. The summed E-state index contributed by atoms with van der Waals surface area (Å²) >= 11 is 0. The van der Waals surface area contributed by atoms with E-state index in [9.17, 15) is 4.39 Å². The number of aryl methyl sites for hydroxylation is 1. The molecule has 0 fully saturated rings. The zero-order valence-corrected chi connectivity index (χ0v) is 9.57. The van der Waals surface area contributed by atoms with E-state index >= 15 is 0 Å². The van der Waals surface area contributed by atoms with Gasteiger partial charge in [0.05, 0.1) is 7.11 Å². The molecule has 1 aromatic rings. The highest BCUT2D eigenvalue weighted by atomic mass is 19.1. The first-order valence-electron chi connectivity index (χ1n) is 4.72. The summed E-state index contributed by atoms with van der Waals surface area (Å²) in [7, 11) is 1.48. The monoisotopic (exact) mass is 239 g/mol. The fourth-order valence-electron chi connectivity index (χ4n) is 1.23. The van der Waals surface area contributed by atoms with Crippen LogP contribution in [0.1, 0.15) is 5.56 Å². The summed E-state index contributed by atoms with van der Waals surface area (Å²) in [6, 6.07) is 2.71. The third-order valence-corrected chi connectivity index (χ3v) is 1.94. The molecule has 0 bridgehead atoms. The second kappa shape index (κ2) is 5.15. The number of halogens is 1. The fraction of sp³-hybridized carbons (Fsp3) is 0.200. The van der Waals surface area contributed by atoms with Crippen molar-refractivity contribution in [1.82, 2.24) is 0 Å². The average Bonchev–Trinajstić information content (AvgIpc) is 2.20. The zero-order valence-electron chi connectivity index (χ0n) is 9.57. The molecule has 0 unspecified atom stereocenters. The van der Waals surface area contributed by atoms with Crippen LogP contribution in [0.5, 0.6) is 5.75 Å². The normalized spacial score (nSPS) is 11.1. The van der Waals surface area contributed by atoms with Gasteiger partial charge >= 0.3 is 0 Å². The maximum atomic E-state index is 13.5. The van der Waals surface area contributed by atoms with E-state index in [-0.39, 0.29) is 17.6 Å². The van der Waals surface area contributed by atoms with Crippen molar-refractivity contribution in [1.29, 1.82) is 0 Å². The van der Waals surface area contributed by atoms with Gasteiger partial charge in [-0.1, -0.05) is 0 Å². The van der Waals surface area contributed by atoms with E-state index < -0.39 is 5.82 Å². The van der Waals surface area contributed by atoms with Crippen LogP contribution in [0.3, 0.4) is 0 Å². The molecule has 0 amide bonds. The minimum Gasteiger partial charge on any atom is -0.496 e. The molecule has 17 heavy (non-hydrogen) atoms. The Bertz CT molecular complexity index is 480. The predicted octanol–water partition coefficient (Wildman–Crippen LogP) is 0.362. The van der Waals surface area contributed by atoms with Crippen molar-refractivity contribution in [2.75, 3.05) is 7.11 Å². The molecule has 7 heteroatoms. The van der Waals surface area contributed by atoms with Crippen molar-refractivity contribution in [3.8, 4) is 5.75 Å². The molecule has 0 aliphatic heterocycles. The zero-order chi connectivity index (χ0) is 13.0. The van der Waals surface area contributed by atoms with Crippen molar-refractivity contribution < 1.29 is 9.13 Å². The van der Waals surface area contributed by atoms with Crippen LogP contribution in [0.4, 0.5) is 10.1 Å². The average molecular weight is 239 g/mol. The molecular weight excluding hydrogens is 225 g/mol. The summed E-state index contributed by atoms with van der Waals surface area (Å²) in [4.78, 5) is 7.22. The number of nitrogens with zero attached hydrogens (tertiary/aromatic N) is 2. The van der Waals surface area contributed by atoms with E-state index in [1.807, 2.05) is 0 Å². The van der Waals surface area contributed by atoms with Crippen molar-refractivity contribution in [3.05, 3.63) is 23.5 Å². The highest BCUT2D eigenvalue weighted by molar-refractivity contribution is 5.93. The summed E-state index contributed by atoms with van der Waals surface area (Å²) in [6.07, 6.45) is 0. The van der Waals surface area contributed by atoms with Crippen LogP contribution in [-0.2, 0) is 0 Å². The molecule has 0 aliphatic rings. The minimum absolute atomic E-state index is 0.00921. The third-order valence-electron chi connectivity index (χ3n) is 1.94.